The molecule has 1 atom stereocenters. The van der Waals surface area contributed by atoms with Crippen molar-refractivity contribution in [2.24, 2.45) is 0 Å². The Kier molecular flexibility index (Phi) is 4.97. The zero-order valence-electron chi connectivity index (χ0n) is 13.4. The van der Waals surface area contributed by atoms with Crippen molar-refractivity contribution in [1.29, 1.82) is 0 Å². The lowest BCUT2D eigenvalue weighted by atomic mass is 9.93. The van der Waals surface area contributed by atoms with Gasteiger partial charge in [-0.2, -0.15) is 0 Å². The Labute approximate surface area is 142 Å². The number of amides is 1. The van der Waals surface area contributed by atoms with Crippen LogP contribution in [-0.4, -0.2) is 34.0 Å². The maximum atomic E-state index is 12.2. The standard InChI is InChI=1S/C16H22ClN3OS/c1-10-5-6-12(7-13(10)17)18-14(21)9-20-11(2)8-16(3,4)19-15(20)22/h5-7,11H,8-9H2,1-4H3,(H,18,21)(H,19,22)/t11-/m1/s1. The number of nitrogens with one attached hydrogen (secondary N) is 2. The molecule has 0 unspecified atom stereocenters. The zero-order chi connectivity index (χ0) is 16.5. The van der Waals surface area contributed by atoms with Crippen molar-refractivity contribution in [3.05, 3.63) is 28.8 Å². The molecule has 0 aromatic heterocycles. The van der Waals surface area contributed by atoms with Gasteiger partial charge in [0.25, 0.3) is 0 Å². The smallest absolute Gasteiger partial charge is 0.243 e. The van der Waals surface area contributed by atoms with Gasteiger partial charge in [0, 0.05) is 22.3 Å². The van der Waals surface area contributed by atoms with E-state index in [1.54, 1.807) is 6.07 Å². The summed E-state index contributed by atoms with van der Waals surface area (Å²) in [4.78, 5) is 14.2. The maximum Gasteiger partial charge on any atom is 0.243 e. The van der Waals surface area contributed by atoms with E-state index in [0.29, 0.717) is 15.8 Å². The largest absolute Gasteiger partial charge is 0.358 e. The van der Waals surface area contributed by atoms with E-state index < -0.39 is 0 Å². The molecule has 1 aliphatic rings. The molecule has 1 aromatic carbocycles. The van der Waals surface area contributed by atoms with Crippen LogP contribution in [0.15, 0.2) is 18.2 Å². The highest BCUT2D eigenvalue weighted by molar-refractivity contribution is 7.80. The first-order valence-corrected chi connectivity index (χ1v) is 8.11. The van der Waals surface area contributed by atoms with E-state index in [9.17, 15) is 4.79 Å². The van der Waals surface area contributed by atoms with Crippen LogP contribution in [-0.2, 0) is 4.79 Å². The summed E-state index contributed by atoms with van der Waals surface area (Å²) in [6.45, 7) is 8.47. The average molecular weight is 340 g/mol. The van der Waals surface area contributed by atoms with Gasteiger partial charge in [-0.25, -0.2) is 0 Å². The number of thiocarbonyl (C=S) groups is 1. The molecule has 2 rings (SSSR count). The topological polar surface area (TPSA) is 44.4 Å². The third-order valence-corrected chi connectivity index (χ3v) is 4.56. The van der Waals surface area contributed by atoms with Crippen LogP contribution in [0.4, 0.5) is 5.69 Å². The van der Waals surface area contributed by atoms with Crippen molar-refractivity contribution in [3.8, 4) is 0 Å². The quantitative estimate of drug-likeness (QED) is 0.829. The number of hydrogen-bond acceptors (Lipinski definition) is 2. The van der Waals surface area contributed by atoms with E-state index in [1.807, 2.05) is 24.0 Å². The van der Waals surface area contributed by atoms with E-state index in [-0.39, 0.29) is 24.0 Å². The summed E-state index contributed by atoms with van der Waals surface area (Å²) in [5, 5.41) is 7.41. The molecule has 1 aliphatic heterocycles. The van der Waals surface area contributed by atoms with Crippen LogP contribution in [0.3, 0.4) is 0 Å². The summed E-state index contributed by atoms with van der Waals surface area (Å²) in [6, 6.07) is 5.71. The Bertz CT molecular complexity index is 603. The first-order chi connectivity index (χ1) is 10.2. The minimum absolute atomic E-state index is 0.0338. The molecule has 1 saturated heterocycles. The second kappa shape index (κ2) is 6.42. The minimum Gasteiger partial charge on any atom is -0.358 e. The number of carbonyl (C=O) groups is 1. The van der Waals surface area contributed by atoms with Crippen LogP contribution in [0.1, 0.15) is 32.8 Å². The van der Waals surface area contributed by atoms with Crippen molar-refractivity contribution in [3.63, 3.8) is 0 Å². The predicted octanol–water partition coefficient (Wildman–Crippen LogP) is 3.33. The Morgan fingerprint density at radius 1 is 1.55 bits per heavy atom. The SMILES string of the molecule is Cc1ccc(NC(=O)CN2C(=S)NC(C)(C)C[C@H]2C)cc1Cl. The normalized spacial score (nSPS) is 20.5. The summed E-state index contributed by atoms with van der Waals surface area (Å²) in [7, 11) is 0. The van der Waals surface area contributed by atoms with Gasteiger partial charge in [0.15, 0.2) is 5.11 Å². The molecule has 22 heavy (non-hydrogen) atoms. The Balaban J connectivity index is 1.99. The second-order valence-corrected chi connectivity index (χ2v) is 7.30. The third kappa shape index (κ3) is 4.11. The molecule has 6 heteroatoms. The fourth-order valence-corrected chi connectivity index (χ4v) is 3.42. The molecule has 0 radical (unpaired) electrons. The van der Waals surface area contributed by atoms with Crippen LogP contribution in [0.5, 0.6) is 0 Å². The summed E-state index contributed by atoms with van der Waals surface area (Å²) < 4.78 is 0. The van der Waals surface area contributed by atoms with Gasteiger partial charge in [-0.15, -0.1) is 0 Å². The highest BCUT2D eigenvalue weighted by atomic mass is 35.5. The number of anilines is 1. The Morgan fingerprint density at radius 3 is 2.82 bits per heavy atom. The average Bonchev–Trinajstić information content (AvgIpc) is 2.37. The van der Waals surface area contributed by atoms with Crippen molar-refractivity contribution in [2.75, 3.05) is 11.9 Å². The fraction of sp³-hybridized carbons (Fsp3) is 0.500. The molecule has 2 N–H and O–H groups in total. The van der Waals surface area contributed by atoms with Gasteiger partial charge < -0.3 is 15.5 Å². The summed E-state index contributed by atoms with van der Waals surface area (Å²) in [5.41, 5.74) is 1.65. The van der Waals surface area contributed by atoms with Crippen molar-refractivity contribution >= 4 is 40.5 Å². The molecular formula is C16H22ClN3OS. The molecule has 120 valence electrons. The highest BCUT2D eigenvalue weighted by Gasteiger charge is 2.33. The van der Waals surface area contributed by atoms with Crippen LogP contribution in [0.2, 0.25) is 5.02 Å². The van der Waals surface area contributed by atoms with E-state index in [1.165, 1.54) is 0 Å². The number of aryl methyl sites for hydroxylation is 1. The maximum absolute atomic E-state index is 12.2. The van der Waals surface area contributed by atoms with Gasteiger partial charge >= 0.3 is 0 Å². The van der Waals surface area contributed by atoms with Gasteiger partial charge in [-0.05, 0) is 64.0 Å². The first-order valence-electron chi connectivity index (χ1n) is 7.33. The number of hydrogen-bond donors (Lipinski definition) is 2. The van der Waals surface area contributed by atoms with Crippen molar-refractivity contribution in [1.82, 2.24) is 10.2 Å². The summed E-state index contributed by atoms with van der Waals surface area (Å²) >= 11 is 11.5. The van der Waals surface area contributed by atoms with Crippen LogP contribution < -0.4 is 10.6 Å². The number of benzene rings is 1. The lowest BCUT2D eigenvalue weighted by Gasteiger charge is -2.44. The second-order valence-electron chi connectivity index (χ2n) is 6.51. The molecule has 4 nitrogen and oxygen atoms in total. The van der Waals surface area contributed by atoms with Gasteiger partial charge in [0.2, 0.25) is 5.91 Å². The van der Waals surface area contributed by atoms with E-state index >= 15 is 0 Å². The van der Waals surface area contributed by atoms with Crippen LogP contribution >= 0.6 is 23.8 Å². The minimum atomic E-state index is -0.101. The Hall–Kier alpha value is -1.33. The lowest BCUT2D eigenvalue weighted by molar-refractivity contribution is -0.117. The monoisotopic (exact) mass is 339 g/mol. The van der Waals surface area contributed by atoms with Crippen molar-refractivity contribution in [2.45, 2.75) is 45.7 Å². The molecule has 1 amide bonds. The molecule has 0 saturated carbocycles. The highest BCUT2D eigenvalue weighted by Crippen LogP contribution is 2.23. The summed E-state index contributed by atoms with van der Waals surface area (Å²) in [6.07, 6.45) is 0.927. The molecule has 0 bridgehead atoms. The molecule has 0 aliphatic carbocycles. The van der Waals surface area contributed by atoms with Crippen LogP contribution in [0, 0.1) is 6.92 Å². The number of nitrogens with zero attached hydrogens (tertiary/aromatic N) is 1. The van der Waals surface area contributed by atoms with Gasteiger partial charge in [-0.3, -0.25) is 4.79 Å². The molecule has 0 spiro atoms. The van der Waals surface area contributed by atoms with Crippen molar-refractivity contribution < 1.29 is 4.79 Å². The lowest BCUT2D eigenvalue weighted by Crippen LogP contribution is -2.61. The fourth-order valence-electron chi connectivity index (χ4n) is 2.71. The number of carbonyl (C=O) groups excluding carboxylic acids is 1. The van der Waals surface area contributed by atoms with E-state index in [4.69, 9.17) is 23.8 Å². The van der Waals surface area contributed by atoms with Gasteiger partial charge in [0.1, 0.15) is 0 Å². The van der Waals surface area contributed by atoms with E-state index in [2.05, 4.69) is 31.4 Å². The molecular weight excluding hydrogens is 318 g/mol. The first kappa shape index (κ1) is 17.0. The number of rotatable bonds is 3. The predicted molar refractivity (Wildman–Crippen MR) is 95.4 cm³/mol. The molecule has 1 fully saturated rings. The van der Waals surface area contributed by atoms with Gasteiger partial charge in [0.05, 0.1) is 6.54 Å². The summed E-state index contributed by atoms with van der Waals surface area (Å²) in [5.74, 6) is -0.101. The third-order valence-electron chi connectivity index (χ3n) is 3.81. The number of halogens is 1. The van der Waals surface area contributed by atoms with Crippen LogP contribution in [0.25, 0.3) is 0 Å². The van der Waals surface area contributed by atoms with Gasteiger partial charge in [-0.1, -0.05) is 17.7 Å². The molecule has 1 aromatic rings. The van der Waals surface area contributed by atoms with E-state index in [0.717, 1.165) is 12.0 Å². The molecule has 1 heterocycles. The zero-order valence-corrected chi connectivity index (χ0v) is 14.9. The Morgan fingerprint density at radius 2 is 2.23 bits per heavy atom.